The molecule has 0 atom stereocenters. The number of halogens is 1. The van der Waals surface area contributed by atoms with Crippen LogP contribution in [0.2, 0.25) is 5.02 Å². The normalized spacial score (nSPS) is 11.1. The maximum atomic E-state index is 12.2. The van der Waals surface area contributed by atoms with E-state index in [9.17, 15) is 8.42 Å². The Balaban J connectivity index is 2.19. The van der Waals surface area contributed by atoms with Crippen LogP contribution in [0.15, 0.2) is 53.4 Å². The molecule has 0 bridgehead atoms. The first kappa shape index (κ1) is 14.7. The van der Waals surface area contributed by atoms with Crippen LogP contribution < -0.4 is 9.46 Å². The third kappa shape index (κ3) is 3.65. The van der Waals surface area contributed by atoms with E-state index in [-0.39, 0.29) is 4.90 Å². The van der Waals surface area contributed by atoms with Gasteiger partial charge in [-0.2, -0.15) is 0 Å². The van der Waals surface area contributed by atoms with E-state index in [1.807, 2.05) is 6.92 Å². The number of hydrogen-bond acceptors (Lipinski definition) is 3. The summed E-state index contributed by atoms with van der Waals surface area (Å²) in [4.78, 5) is 0.177. The van der Waals surface area contributed by atoms with E-state index < -0.39 is 10.0 Å². The molecule has 0 saturated heterocycles. The maximum absolute atomic E-state index is 12.2. The number of sulfonamides is 1. The van der Waals surface area contributed by atoms with Crippen LogP contribution in [0.4, 0.5) is 5.69 Å². The first-order chi connectivity index (χ1) is 9.51. The summed E-state index contributed by atoms with van der Waals surface area (Å²) in [6, 6.07) is 12.7. The molecule has 2 aromatic rings. The van der Waals surface area contributed by atoms with Crippen LogP contribution in [-0.2, 0) is 10.0 Å². The lowest BCUT2D eigenvalue weighted by atomic mass is 10.3. The van der Waals surface area contributed by atoms with E-state index in [0.29, 0.717) is 23.1 Å². The van der Waals surface area contributed by atoms with Gasteiger partial charge < -0.3 is 4.74 Å². The fraction of sp³-hybridized carbons (Fsp3) is 0.143. The molecule has 1 N–H and O–H groups in total. The van der Waals surface area contributed by atoms with Crippen molar-refractivity contribution in [3.63, 3.8) is 0 Å². The van der Waals surface area contributed by atoms with Crippen molar-refractivity contribution in [3.8, 4) is 5.75 Å². The molecule has 2 aromatic carbocycles. The van der Waals surface area contributed by atoms with Crippen LogP contribution in [0, 0.1) is 0 Å². The molecule has 6 heteroatoms. The molecular weight excluding hydrogens is 298 g/mol. The van der Waals surface area contributed by atoms with E-state index in [1.165, 1.54) is 12.1 Å². The van der Waals surface area contributed by atoms with Gasteiger partial charge in [0.25, 0.3) is 10.0 Å². The lowest BCUT2D eigenvalue weighted by molar-refractivity contribution is 0.340. The van der Waals surface area contributed by atoms with Crippen molar-refractivity contribution < 1.29 is 13.2 Å². The highest BCUT2D eigenvalue weighted by molar-refractivity contribution is 7.92. The molecule has 0 aliphatic rings. The molecule has 20 heavy (non-hydrogen) atoms. The molecule has 2 rings (SSSR count). The third-order valence-corrected chi connectivity index (χ3v) is 4.19. The van der Waals surface area contributed by atoms with E-state index in [2.05, 4.69) is 4.72 Å². The van der Waals surface area contributed by atoms with Crippen LogP contribution in [0.1, 0.15) is 6.92 Å². The lowest BCUT2D eigenvalue weighted by Crippen LogP contribution is -2.12. The molecule has 0 amide bonds. The van der Waals surface area contributed by atoms with E-state index in [4.69, 9.17) is 16.3 Å². The van der Waals surface area contributed by atoms with E-state index >= 15 is 0 Å². The predicted octanol–water partition coefficient (Wildman–Crippen LogP) is 3.54. The summed E-state index contributed by atoms with van der Waals surface area (Å²) in [7, 11) is -3.61. The number of ether oxygens (including phenoxy) is 1. The largest absolute Gasteiger partial charge is 0.494 e. The highest BCUT2D eigenvalue weighted by Crippen LogP contribution is 2.20. The Bertz CT molecular complexity index is 667. The molecule has 0 aromatic heterocycles. The molecule has 4 nitrogen and oxygen atoms in total. The zero-order chi connectivity index (χ0) is 14.6. The minimum absolute atomic E-state index is 0.177. The summed E-state index contributed by atoms with van der Waals surface area (Å²) in [5.41, 5.74) is 0.461. The van der Waals surface area contributed by atoms with Gasteiger partial charge in [-0.1, -0.05) is 11.6 Å². The van der Waals surface area contributed by atoms with Crippen molar-refractivity contribution in [3.05, 3.63) is 53.6 Å². The number of rotatable bonds is 5. The van der Waals surface area contributed by atoms with Gasteiger partial charge in [0.1, 0.15) is 5.75 Å². The second kappa shape index (κ2) is 6.15. The van der Waals surface area contributed by atoms with Gasteiger partial charge in [0, 0.05) is 10.7 Å². The first-order valence-corrected chi connectivity index (χ1v) is 7.88. The highest BCUT2D eigenvalue weighted by atomic mass is 35.5. The van der Waals surface area contributed by atoms with Crippen molar-refractivity contribution in [2.24, 2.45) is 0 Å². The topological polar surface area (TPSA) is 55.4 Å². The zero-order valence-corrected chi connectivity index (χ0v) is 12.4. The Morgan fingerprint density at radius 2 is 1.65 bits per heavy atom. The summed E-state index contributed by atoms with van der Waals surface area (Å²) in [6.45, 7) is 2.40. The second-order valence-electron chi connectivity index (χ2n) is 4.02. The Hall–Kier alpha value is -1.72. The van der Waals surface area contributed by atoms with Gasteiger partial charge in [0.05, 0.1) is 11.5 Å². The molecular formula is C14H14ClNO3S. The third-order valence-electron chi connectivity index (χ3n) is 2.54. The average molecular weight is 312 g/mol. The quantitative estimate of drug-likeness (QED) is 0.919. The fourth-order valence-corrected chi connectivity index (χ4v) is 2.80. The van der Waals surface area contributed by atoms with E-state index in [1.54, 1.807) is 36.4 Å². The molecule has 0 aliphatic heterocycles. The van der Waals surface area contributed by atoms with Crippen LogP contribution in [0.25, 0.3) is 0 Å². The fourth-order valence-electron chi connectivity index (χ4n) is 1.61. The van der Waals surface area contributed by atoms with Gasteiger partial charge in [-0.05, 0) is 55.5 Å². The Labute approximate surface area is 123 Å². The smallest absolute Gasteiger partial charge is 0.261 e. The molecule has 0 unspecified atom stereocenters. The summed E-state index contributed by atoms with van der Waals surface area (Å²) in [5.74, 6) is 0.637. The summed E-state index contributed by atoms with van der Waals surface area (Å²) >= 11 is 5.76. The Morgan fingerprint density at radius 3 is 2.20 bits per heavy atom. The molecule has 0 aliphatic carbocycles. The second-order valence-corrected chi connectivity index (χ2v) is 6.14. The maximum Gasteiger partial charge on any atom is 0.261 e. The molecule has 0 spiro atoms. The van der Waals surface area contributed by atoms with E-state index in [0.717, 1.165) is 0 Å². The van der Waals surface area contributed by atoms with Crippen molar-refractivity contribution >= 4 is 27.3 Å². The number of benzene rings is 2. The van der Waals surface area contributed by atoms with Crippen molar-refractivity contribution in [1.82, 2.24) is 0 Å². The summed E-state index contributed by atoms with van der Waals surface area (Å²) in [6.07, 6.45) is 0. The Morgan fingerprint density at radius 1 is 1.05 bits per heavy atom. The van der Waals surface area contributed by atoms with Crippen LogP contribution in [0.3, 0.4) is 0 Å². The molecule has 0 radical (unpaired) electrons. The van der Waals surface area contributed by atoms with Gasteiger partial charge >= 0.3 is 0 Å². The average Bonchev–Trinajstić information content (AvgIpc) is 2.42. The van der Waals surface area contributed by atoms with Crippen LogP contribution in [0.5, 0.6) is 5.75 Å². The molecule has 106 valence electrons. The molecule has 0 saturated carbocycles. The standard InChI is InChI=1S/C14H14ClNO3S/c1-2-19-13-7-9-14(10-8-13)20(17,18)16-12-5-3-11(15)4-6-12/h3-10,16H,2H2,1H3. The SMILES string of the molecule is CCOc1ccc(S(=O)(=O)Nc2ccc(Cl)cc2)cc1. The molecule has 0 fully saturated rings. The van der Waals surface area contributed by atoms with Crippen molar-refractivity contribution in [2.75, 3.05) is 11.3 Å². The number of nitrogens with one attached hydrogen (secondary N) is 1. The minimum Gasteiger partial charge on any atom is -0.494 e. The lowest BCUT2D eigenvalue weighted by Gasteiger charge is -2.09. The summed E-state index contributed by atoms with van der Waals surface area (Å²) in [5, 5.41) is 0.550. The summed E-state index contributed by atoms with van der Waals surface area (Å²) < 4.78 is 32.1. The monoisotopic (exact) mass is 311 g/mol. The van der Waals surface area contributed by atoms with Gasteiger partial charge in [0.15, 0.2) is 0 Å². The highest BCUT2D eigenvalue weighted by Gasteiger charge is 2.14. The van der Waals surface area contributed by atoms with Gasteiger partial charge in [-0.25, -0.2) is 8.42 Å². The zero-order valence-electron chi connectivity index (χ0n) is 10.8. The minimum atomic E-state index is -3.61. The van der Waals surface area contributed by atoms with Crippen LogP contribution in [-0.4, -0.2) is 15.0 Å². The predicted molar refractivity (Wildman–Crippen MR) is 79.9 cm³/mol. The van der Waals surface area contributed by atoms with Crippen LogP contribution >= 0.6 is 11.6 Å². The van der Waals surface area contributed by atoms with Crippen molar-refractivity contribution in [1.29, 1.82) is 0 Å². The van der Waals surface area contributed by atoms with Gasteiger partial charge in [0.2, 0.25) is 0 Å². The van der Waals surface area contributed by atoms with Crippen molar-refractivity contribution in [2.45, 2.75) is 11.8 Å². The first-order valence-electron chi connectivity index (χ1n) is 6.02. The number of hydrogen-bond donors (Lipinski definition) is 1. The Kier molecular flexibility index (Phi) is 4.52. The van der Waals surface area contributed by atoms with Gasteiger partial charge in [-0.15, -0.1) is 0 Å². The number of anilines is 1. The van der Waals surface area contributed by atoms with Gasteiger partial charge in [-0.3, -0.25) is 4.72 Å². The molecule has 0 heterocycles.